The second-order valence-corrected chi connectivity index (χ2v) is 13.1. The van der Waals surface area contributed by atoms with Gasteiger partial charge in [0.2, 0.25) is 0 Å². The molecule has 0 amide bonds. The lowest BCUT2D eigenvalue weighted by atomic mass is 9.50. The zero-order chi connectivity index (χ0) is 28.4. The van der Waals surface area contributed by atoms with E-state index in [1.165, 1.54) is 0 Å². The van der Waals surface area contributed by atoms with Crippen LogP contribution in [-0.2, 0) is 37.4 Å². The van der Waals surface area contributed by atoms with Gasteiger partial charge in [0.15, 0.2) is 0 Å². The third kappa shape index (κ3) is 10.0. The number of hydrogen-bond acceptors (Lipinski definition) is 8. The highest BCUT2D eigenvalue weighted by Crippen LogP contribution is 2.57. The third-order valence-corrected chi connectivity index (χ3v) is 8.63. The van der Waals surface area contributed by atoms with Gasteiger partial charge < -0.3 is 24.0 Å². The van der Waals surface area contributed by atoms with E-state index in [9.17, 15) is 19.0 Å². The van der Waals surface area contributed by atoms with Crippen molar-refractivity contribution < 1.29 is 47.2 Å². The van der Waals surface area contributed by atoms with Crippen LogP contribution in [0.5, 0.6) is 0 Å². The molecule has 36 heavy (non-hydrogen) atoms. The van der Waals surface area contributed by atoms with E-state index < -0.39 is 35.5 Å². The number of carbonyl (C=O) groups is 2. The van der Waals surface area contributed by atoms with Crippen LogP contribution in [0.15, 0.2) is 0 Å². The molecule has 0 rings (SSSR count). The molecule has 10 nitrogen and oxygen atoms in total. The summed E-state index contributed by atoms with van der Waals surface area (Å²) >= 11 is 0. The van der Waals surface area contributed by atoms with Crippen molar-refractivity contribution in [2.24, 2.45) is 21.7 Å². The third-order valence-electron chi connectivity index (χ3n) is 7.61. The molecule has 0 spiro atoms. The molecule has 214 valence electrons. The lowest BCUT2D eigenvalue weighted by Gasteiger charge is -2.53. The largest absolute Gasteiger partial charge is 0.472 e. The molecule has 0 aromatic carbocycles. The molecule has 2 atom stereocenters. The minimum Gasteiger partial charge on any atom is -0.463 e. The molecule has 0 saturated carbocycles. The fraction of sp³-hybridized carbons (Fsp3) is 0.920. The van der Waals surface area contributed by atoms with Crippen LogP contribution in [0.3, 0.4) is 0 Å². The second kappa shape index (κ2) is 14.2. The van der Waals surface area contributed by atoms with Crippen LogP contribution in [-0.4, -0.2) is 77.6 Å². The number of carbonyl (C=O) groups excluding carboxylic acids is 2. The number of ether oxygens (including phenoxy) is 3. The van der Waals surface area contributed by atoms with Gasteiger partial charge in [-0.1, -0.05) is 34.6 Å². The van der Waals surface area contributed by atoms with Gasteiger partial charge in [0.25, 0.3) is 0 Å². The number of phosphoric ester groups is 1. The number of quaternary nitrogens is 1. The van der Waals surface area contributed by atoms with Crippen molar-refractivity contribution in [2.75, 3.05) is 60.8 Å². The molecule has 0 aliphatic heterocycles. The minimum absolute atomic E-state index is 0.0728. The van der Waals surface area contributed by atoms with E-state index in [-0.39, 0.29) is 32.4 Å². The van der Waals surface area contributed by atoms with Crippen LogP contribution in [0.25, 0.3) is 0 Å². The molecule has 0 aliphatic rings. The Labute approximate surface area is 217 Å². The molecule has 0 aromatic rings. The summed E-state index contributed by atoms with van der Waals surface area (Å²) in [5.41, 5.74) is -2.75. The summed E-state index contributed by atoms with van der Waals surface area (Å²) in [6.07, 6.45) is 0.973. The van der Waals surface area contributed by atoms with E-state index in [4.69, 9.17) is 23.3 Å². The number of likely N-dealkylation sites (N-methyl/N-ethyl adjacent to an activating group) is 1. The Morgan fingerprint density at radius 1 is 0.833 bits per heavy atom. The number of rotatable bonds is 18. The lowest BCUT2D eigenvalue weighted by molar-refractivity contribution is -0.858. The highest BCUT2D eigenvalue weighted by Gasteiger charge is 2.56. The summed E-state index contributed by atoms with van der Waals surface area (Å²) in [5.74, 6) is -0.749. The Morgan fingerprint density at radius 3 is 1.83 bits per heavy atom. The smallest absolute Gasteiger partial charge is 0.463 e. The molecule has 2 unspecified atom stereocenters. The van der Waals surface area contributed by atoms with Crippen molar-refractivity contribution in [3.05, 3.63) is 0 Å². The average Bonchev–Trinajstić information content (AvgIpc) is 2.74. The zero-order valence-electron chi connectivity index (χ0n) is 24.3. The normalized spacial score (nSPS) is 16.4. The number of methoxy groups -OCH3 is 1. The first kappa shape index (κ1) is 35.0. The number of phosphoric acid groups is 1. The minimum atomic E-state index is -4.22. The Bertz CT molecular complexity index is 752. The molecule has 0 aliphatic carbocycles. The molecule has 0 heterocycles. The average molecular weight is 541 g/mol. The van der Waals surface area contributed by atoms with E-state index in [1.807, 2.05) is 69.5 Å². The van der Waals surface area contributed by atoms with Crippen molar-refractivity contribution in [1.29, 1.82) is 0 Å². The topological polar surface area (TPSA) is 122 Å². The van der Waals surface area contributed by atoms with Gasteiger partial charge in [0, 0.05) is 7.11 Å². The van der Waals surface area contributed by atoms with Crippen LogP contribution in [0.2, 0.25) is 0 Å². The van der Waals surface area contributed by atoms with Crippen molar-refractivity contribution in [3.8, 4) is 0 Å². The fourth-order valence-electron chi connectivity index (χ4n) is 4.25. The molecular weight excluding hydrogens is 489 g/mol. The number of nitrogens with one attached hydrogen (secondary N) is 1. The summed E-state index contributed by atoms with van der Waals surface area (Å²) in [6, 6.07) is 0. The van der Waals surface area contributed by atoms with Gasteiger partial charge in [-0.2, -0.15) is 0 Å². The van der Waals surface area contributed by atoms with E-state index in [0.29, 0.717) is 26.0 Å². The summed E-state index contributed by atoms with van der Waals surface area (Å²) in [7, 11) is 1.13. The van der Waals surface area contributed by atoms with E-state index in [2.05, 4.69) is 0 Å². The molecule has 0 radical (unpaired) electrons. The molecule has 0 aromatic heterocycles. The first-order chi connectivity index (χ1) is 16.3. The zero-order valence-corrected chi connectivity index (χ0v) is 25.2. The fourth-order valence-corrected chi connectivity index (χ4v) is 4.95. The van der Waals surface area contributed by atoms with E-state index >= 15 is 0 Å². The molecule has 0 saturated heterocycles. The molecule has 0 bridgehead atoms. The Balaban J connectivity index is 5.26. The lowest BCUT2D eigenvalue weighted by Crippen LogP contribution is -3.06. The predicted octanol–water partition coefficient (Wildman–Crippen LogP) is 2.88. The van der Waals surface area contributed by atoms with Crippen molar-refractivity contribution >= 4 is 19.8 Å². The second-order valence-electron chi connectivity index (χ2n) is 11.6. The monoisotopic (exact) mass is 540 g/mol. The summed E-state index contributed by atoms with van der Waals surface area (Å²) < 4.78 is 37.6. The van der Waals surface area contributed by atoms with E-state index in [1.54, 1.807) is 7.11 Å². The molecule has 0 fully saturated rings. The number of hydrogen-bond donors (Lipinski definition) is 2. The predicted molar refractivity (Wildman–Crippen MR) is 138 cm³/mol. The van der Waals surface area contributed by atoms with Crippen LogP contribution in [0.1, 0.15) is 68.2 Å². The van der Waals surface area contributed by atoms with Crippen LogP contribution < -0.4 is 4.90 Å². The molecule has 11 heteroatoms. The molecule has 2 N–H and O–H groups in total. The van der Waals surface area contributed by atoms with Crippen molar-refractivity contribution in [3.63, 3.8) is 0 Å². The maximum absolute atomic E-state index is 13.3. The SMILES string of the molecule is CCC(C)(C(=O)OCCOP(=O)(O)OCC[NH+](C)C)C(C)(C)C(C)(C)CC(C)(C)C(=O)OCCOC. The van der Waals surface area contributed by atoms with Gasteiger partial charge in [-0.05, 0) is 44.4 Å². The van der Waals surface area contributed by atoms with Crippen LogP contribution >= 0.6 is 7.82 Å². The maximum Gasteiger partial charge on any atom is 0.472 e. The highest BCUT2D eigenvalue weighted by molar-refractivity contribution is 7.47. The van der Waals surface area contributed by atoms with Gasteiger partial charge >= 0.3 is 19.8 Å². The van der Waals surface area contributed by atoms with Crippen molar-refractivity contribution in [1.82, 2.24) is 0 Å². The van der Waals surface area contributed by atoms with Gasteiger partial charge in [-0.25, -0.2) is 4.57 Å². The standard InChI is InChI=1S/C25H50NO9P/c1-12-25(8,21(28)33-17-18-35-36(29,30)34-14-13-26(9)10)24(6,7)23(4,5)19-22(2,3)20(27)32-16-15-31-11/h12-19H2,1-11H3,(H,29,30)/p+1. The van der Waals surface area contributed by atoms with Crippen LogP contribution in [0, 0.1) is 21.7 Å². The summed E-state index contributed by atoms with van der Waals surface area (Å²) in [4.78, 5) is 36.8. The van der Waals surface area contributed by atoms with Gasteiger partial charge in [0.05, 0.1) is 38.1 Å². The maximum atomic E-state index is 13.3. The number of esters is 2. The van der Waals surface area contributed by atoms with Gasteiger partial charge in [-0.15, -0.1) is 0 Å². The summed E-state index contributed by atoms with van der Waals surface area (Å²) in [6.45, 7) is 16.2. The Hall–Kier alpha value is -1.03. The quantitative estimate of drug-likeness (QED) is 0.154. The Morgan fingerprint density at radius 2 is 1.33 bits per heavy atom. The molecular formula is C25H51NO9P+. The van der Waals surface area contributed by atoms with Crippen molar-refractivity contribution in [2.45, 2.75) is 68.2 Å². The highest BCUT2D eigenvalue weighted by atomic mass is 31.2. The van der Waals surface area contributed by atoms with Gasteiger partial charge in [-0.3, -0.25) is 18.6 Å². The van der Waals surface area contributed by atoms with E-state index in [0.717, 1.165) is 4.90 Å². The summed E-state index contributed by atoms with van der Waals surface area (Å²) in [5, 5.41) is 0. The first-order valence-corrected chi connectivity index (χ1v) is 14.0. The first-order valence-electron chi connectivity index (χ1n) is 12.5. The Kier molecular flexibility index (Phi) is 13.8. The van der Waals surface area contributed by atoms with Crippen LogP contribution in [0.4, 0.5) is 0 Å². The van der Waals surface area contributed by atoms with Gasteiger partial charge in [0.1, 0.15) is 26.4 Å².